The van der Waals surface area contributed by atoms with Crippen LogP contribution in [0.5, 0.6) is 0 Å². The van der Waals surface area contributed by atoms with Gasteiger partial charge in [-0.05, 0) is 30.9 Å². The number of aromatic nitrogens is 2. The largest absolute Gasteiger partial charge is 0.290 e. The van der Waals surface area contributed by atoms with Gasteiger partial charge in [0, 0.05) is 16.3 Å². The molecule has 0 atom stereocenters. The van der Waals surface area contributed by atoms with Crippen molar-refractivity contribution in [3.8, 4) is 0 Å². The Kier molecular flexibility index (Phi) is 3.85. The first-order valence-electron chi connectivity index (χ1n) is 7.40. The zero-order valence-corrected chi connectivity index (χ0v) is 14.3. The topological polar surface area (TPSA) is 112 Å². The van der Waals surface area contributed by atoms with Crippen LogP contribution in [-0.4, -0.2) is 19.8 Å². The molecule has 8 nitrogen and oxygen atoms in total. The summed E-state index contributed by atoms with van der Waals surface area (Å²) in [6.45, 7) is 0. The molecule has 3 aromatic rings. The lowest BCUT2D eigenvalue weighted by Crippen LogP contribution is -1.95. The molecule has 2 aromatic heterocycles. The molecule has 4 rings (SSSR count). The number of rotatable bonds is 4. The average Bonchev–Trinajstić information content (AvgIpc) is 3.15. The number of non-ortho nitro benzene ring substituents is 1. The van der Waals surface area contributed by atoms with Gasteiger partial charge in [-0.2, -0.15) is 0 Å². The molecule has 1 aliphatic carbocycles. The van der Waals surface area contributed by atoms with E-state index in [1.165, 1.54) is 28.9 Å². The summed E-state index contributed by atoms with van der Waals surface area (Å²) in [5.74, 6) is 0. The van der Waals surface area contributed by atoms with Gasteiger partial charge in [-0.1, -0.05) is 11.8 Å². The Balaban J connectivity index is 1.82. The molecular formula is C15H10N4O4S2. The lowest BCUT2D eigenvalue weighted by Gasteiger charge is -2.05. The van der Waals surface area contributed by atoms with E-state index in [4.69, 9.17) is 0 Å². The molecule has 0 N–H and O–H groups in total. The van der Waals surface area contributed by atoms with Gasteiger partial charge in [-0.25, -0.2) is 9.97 Å². The van der Waals surface area contributed by atoms with Crippen molar-refractivity contribution in [2.24, 2.45) is 0 Å². The summed E-state index contributed by atoms with van der Waals surface area (Å²) < 4.78 is 0. The van der Waals surface area contributed by atoms with Gasteiger partial charge in [0.2, 0.25) is 0 Å². The Morgan fingerprint density at radius 1 is 1.12 bits per heavy atom. The van der Waals surface area contributed by atoms with Crippen LogP contribution in [0.25, 0.3) is 10.2 Å². The predicted molar refractivity (Wildman–Crippen MR) is 93.3 cm³/mol. The summed E-state index contributed by atoms with van der Waals surface area (Å²) in [5, 5.41) is 23.8. The van der Waals surface area contributed by atoms with Crippen LogP contribution < -0.4 is 0 Å². The van der Waals surface area contributed by atoms with Crippen LogP contribution in [0, 0.1) is 20.2 Å². The van der Waals surface area contributed by atoms with Crippen molar-refractivity contribution < 1.29 is 9.85 Å². The number of nitro benzene ring substituents is 2. The van der Waals surface area contributed by atoms with Crippen molar-refractivity contribution in [3.63, 3.8) is 0 Å². The number of hydrogen-bond acceptors (Lipinski definition) is 8. The van der Waals surface area contributed by atoms with Gasteiger partial charge in [-0.3, -0.25) is 20.2 Å². The van der Waals surface area contributed by atoms with Gasteiger partial charge < -0.3 is 0 Å². The first kappa shape index (κ1) is 15.9. The van der Waals surface area contributed by atoms with Gasteiger partial charge in [-0.15, -0.1) is 11.3 Å². The molecule has 10 heteroatoms. The Morgan fingerprint density at radius 3 is 2.72 bits per heavy atom. The van der Waals surface area contributed by atoms with E-state index in [-0.39, 0.29) is 11.4 Å². The van der Waals surface area contributed by atoms with Crippen LogP contribution in [0.2, 0.25) is 0 Å². The first-order valence-corrected chi connectivity index (χ1v) is 9.04. The number of nitro groups is 2. The number of nitrogens with zero attached hydrogens (tertiary/aromatic N) is 4. The molecule has 2 heterocycles. The van der Waals surface area contributed by atoms with E-state index in [9.17, 15) is 20.2 Å². The number of aryl methyl sites for hydroxylation is 2. The lowest BCUT2D eigenvalue weighted by atomic mass is 10.2. The number of thiophene rings is 1. The first-order chi connectivity index (χ1) is 12.0. The Bertz CT molecular complexity index is 1030. The number of fused-ring (bicyclic) bond motifs is 3. The molecule has 0 bridgehead atoms. The van der Waals surface area contributed by atoms with Crippen molar-refractivity contribution >= 4 is 44.7 Å². The summed E-state index contributed by atoms with van der Waals surface area (Å²) in [5.41, 5.74) is 0.630. The van der Waals surface area contributed by atoms with Crippen molar-refractivity contribution in [3.05, 3.63) is 55.2 Å². The van der Waals surface area contributed by atoms with Gasteiger partial charge in [0.05, 0.1) is 20.8 Å². The van der Waals surface area contributed by atoms with E-state index < -0.39 is 9.85 Å². The second-order valence-corrected chi connectivity index (χ2v) is 7.60. The summed E-state index contributed by atoms with van der Waals surface area (Å²) in [6.07, 6.45) is 4.53. The monoisotopic (exact) mass is 374 g/mol. The molecule has 1 aliphatic rings. The second-order valence-electron chi connectivity index (χ2n) is 5.48. The fourth-order valence-corrected chi connectivity index (χ4v) is 5.23. The highest BCUT2D eigenvalue weighted by molar-refractivity contribution is 7.99. The summed E-state index contributed by atoms with van der Waals surface area (Å²) in [6, 6.07) is 3.66. The van der Waals surface area contributed by atoms with E-state index >= 15 is 0 Å². The van der Waals surface area contributed by atoms with Gasteiger partial charge >= 0.3 is 0 Å². The zero-order valence-electron chi connectivity index (χ0n) is 12.7. The highest BCUT2D eigenvalue weighted by atomic mass is 32.2. The molecule has 1 aromatic carbocycles. The van der Waals surface area contributed by atoms with Gasteiger partial charge in [0.15, 0.2) is 0 Å². The maximum absolute atomic E-state index is 11.3. The standard InChI is InChI=1S/C15H10N4O4S2/c20-18(21)8-4-5-12(10(6-8)19(22)23)25-15-13-9-2-1-3-11(9)24-14(13)16-7-17-15/h4-7H,1-3H2. The Labute approximate surface area is 149 Å². The fraction of sp³-hybridized carbons (Fsp3) is 0.200. The van der Waals surface area contributed by atoms with Crippen LogP contribution in [0.3, 0.4) is 0 Å². The quantitative estimate of drug-likeness (QED) is 0.383. The van der Waals surface area contributed by atoms with Crippen LogP contribution in [0.15, 0.2) is 34.4 Å². The van der Waals surface area contributed by atoms with Crippen molar-refractivity contribution in [2.45, 2.75) is 29.2 Å². The second kappa shape index (κ2) is 6.05. The Hall–Kier alpha value is -2.59. The van der Waals surface area contributed by atoms with E-state index in [1.54, 1.807) is 11.3 Å². The third-order valence-electron chi connectivity index (χ3n) is 4.02. The SMILES string of the molecule is O=[N+]([O-])c1ccc(Sc2ncnc3sc4c(c23)CCC4)c([N+](=O)[O-])c1. The summed E-state index contributed by atoms with van der Waals surface area (Å²) in [7, 11) is 0. The molecule has 0 aliphatic heterocycles. The van der Waals surface area contributed by atoms with E-state index in [0.29, 0.717) is 9.92 Å². The van der Waals surface area contributed by atoms with Crippen LogP contribution >= 0.6 is 23.1 Å². The smallest absolute Gasteiger partial charge is 0.258 e. The highest BCUT2D eigenvalue weighted by Gasteiger charge is 2.25. The van der Waals surface area contributed by atoms with Crippen molar-refractivity contribution in [1.82, 2.24) is 9.97 Å². The van der Waals surface area contributed by atoms with Crippen LogP contribution in [-0.2, 0) is 12.8 Å². The molecular weight excluding hydrogens is 364 g/mol. The third kappa shape index (κ3) is 2.72. The van der Waals surface area contributed by atoms with Crippen molar-refractivity contribution in [1.29, 1.82) is 0 Å². The minimum atomic E-state index is -0.643. The van der Waals surface area contributed by atoms with Gasteiger partial charge in [0.25, 0.3) is 11.4 Å². The number of hydrogen-bond donors (Lipinski definition) is 0. The summed E-state index contributed by atoms with van der Waals surface area (Å²) >= 11 is 2.79. The normalized spacial score (nSPS) is 13.1. The maximum Gasteiger partial charge on any atom is 0.290 e. The van der Waals surface area contributed by atoms with Gasteiger partial charge in [0.1, 0.15) is 16.2 Å². The van der Waals surface area contributed by atoms with Crippen molar-refractivity contribution in [2.75, 3.05) is 0 Å². The Morgan fingerprint density at radius 2 is 1.96 bits per heavy atom. The van der Waals surface area contributed by atoms with E-state index in [1.807, 2.05) is 0 Å². The van der Waals surface area contributed by atoms with Crippen LogP contribution in [0.4, 0.5) is 11.4 Å². The molecule has 0 saturated carbocycles. The lowest BCUT2D eigenvalue weighted by molar-refractivity contribution is -0.396. The molecule has 0 amide bonds. The molecule has 0 unspecified atom stereocenters. The molecule has 0 radical (unpaired) electrons. The van der Waals surface area contributed by atoms with E-state index in [0.717, 1.165) is 47.3 Å². The molecule has 0 saturated heterocycles. The minimum absolute atomic E-state index is 0.294. The average molecular weight is 374 g/mol. The predicted octanol–water partition coefficient (Wildman–Crippen LogP) is 4.15. The number of benzene rings is 1. The molecule has 0 spiro atoms. The third-order valence-corrected chi connectivity index (χ3v) is 6.29. The molecule has 126 valence electrons. The highest BCUT2D eigenvalue weighted by Crippen LogP contribution is 2.43. The molecule has 0 fully saturated rings. The summed E-state index contributed by atoms with van der Waals surface area (Å²) in [4.78, 5) is 32.1. The fourth-order valence-electron chi connectivity index (χ4n) is 2.93. The minimum Gasteiger partial charge on any atom is -0.258 e. The zero-order chi connectivity index (χ0) is 17.6. The maximum atomic E-state index is 11.3. The molecule has 25 heavy (non-hydrogen) atoms. The van der Waals surface area contributed by atoms with Crippen LogP contribution in [0.1, 0.15) is 16.9 Å². The van der Waals surface area contributed by atoms with E-state index in [2.05, 4.69) is 9.97 Å².